The molecule has 0 aromatic carbocycles. The highest BCUT2D eigenvalue weighted by Gasteiger charge is 2.10. The number of thioether (sulfide) groups is 1. The summed E-state index contributed by atoms with van der Waals surface area (Å²) in [6, 6.07) is 3.34. The van der Waals surface area contributed by atoms with Crippen molar-refractivity contribution in [1.82, 2.24) is 5.32 Å². The van der Waals surface area contributed by atoms with Crippen LogP contribution in [-0.2, 0) is 0 Å². The van der Waals surface area contributed by atoms with Crippen LogP contribution < -0.4 is 5.32 Å². The summed E-state index contributed by atoms with van der Waals surface area (Å²) in [6.45, 7) is 2.71. The lowest BCUT2D eigenvalue weighted by Gasteiger charge is -2.08. The molecule has 1 N–H and O–H groups in total. The largest absolute Gasteiger partial charge is 0.444 e. The maximum absolute atomic E-state index is 11.4. The van der Waals surface area contributed by atoms with E-state index in [1.165, 1.54) is 0 Å². The first kappa shape index (κ1) is 11.7. The molecule has 0 radical (unpaired) electrons. The lowest BCUT2D eigenvalue weighted by molar-refractivity contribution is 0.0925. The summed E-state index contributed by atoms with van der Waals surface area (Å²) >= 11 is 4.86. The Morgan fingerprint density at radius 3 is 2.93 bits per heavy atom. The summed E-state index contributed by atoms with van der Waals surface area (Å²) in [5.74, 6) is 0.168. The van der Waals surface area contributed by atoms with Gasteiger partial charge >= 0.3 is 0 Å². The molecule has 1 rings (SSSR count). The van der Waals surface area contributed by atoms with E-state index >= 15 is 0 Å². The number of hydrogen-bond donors (Lipinski definition) is 1. The molecule has 1 atom stereocenters. The van der Waals surface area contributed by atoms with Gasteiger partial charge in [0.2, 0.25) is 0 Å². The first-order valence-corrected chi connectivity index (χ1v) is 6.28. The zero-order valence-corrected chi connectivity index (χ0v) is 10.4. The van der Waals surface area contributed by atoms with Gasteiger partial charge in [-0.15, -0.1) is 0 Å². The molecule has 0 saturated carbocycles. The lowest BCUT2D eigenvalue weighted by Crippen LogP contribution is -2.28. The van der Waals surface area contributed by atoms with Crippen LogP contribution in [0.15, 0.2) is 21.2 Å². The summed E-state index contributed by atoms with van der Waals surface area (Å²) in [4.78, 5) is 11.4. The van der Waals surface area contributed by atoms with Crippen LogP contribution in [0.5, 0.6) is 0 Å². The first-order chi connectivity index (χ1) is 6.63. The van der Waals surface area contributed by atoms with E-state index < -0.39 is 0 Å². The molecular formula is C9H12BrNO2S. The van der Waals surface area contributed by atoms with Crippen LogP contribution >= 0.6 is 27.7 Å². The zero-order chi connectivity index (χ0) is 10.6. The van der Waals surface area contributed by atoms with Crippen LogP contribution in [0.1, 0.15) is 17.5 Å². The van der Waals surface area contributed by atoms with E-state index in [1.807, 2.05) is 6.26 Å². The molecule has 1 aromatic rings. The van der Waals surface area contributed by atoms with Crippen LogP contribution in [0.3, 0.4) is 0 Å². The van der Waals surface area contributed by atoms with Crippen molar-refractivity contribution in [3.05, 3.63) is 22.6 Å². The minimum Gasteiger partial charge on any atom is -0.444 e. The number of furan rings is 1. The van der Waals surface area contributed by atoms with E-state index in [4.69, 9.17) is 4.42 Å². The number of rotatable bonds is 4. The zero-order valence-electron chi connectivity index (χ0n) is 8.04. The molecule has 0 bridgehead atoms. The standard InChI is InChI=1S/C9H12BrNO2S/c1-6(14-2)5-11-9(12)7-3-4-8(10)13-7/h3-4,6H,5H2,1-2H3,(H,11,12). The Kier molecular flexibility index (Phi) is 4.54. The third-order valence-corrected chi connectivity index (χ3v) is 3.15. The number of nitrogens with one attached hydrogen (secondary N) is 1. The van der Waals surface area contributed by atoms with Gasteiger partial charge in [-0.2, -0.15) is 11.8 Å². The van der Waals surface area contributed by atoms with Gasteiger partial charge in [-0.25, -0.2) is 0 Å². The van der Waals surface area contributed by atoms with Crippen molar-refractivity contribution < 1.29 is 9.21 Å². The normalized spacial score (nSPS) is 12.5. The van der Waals surface area contributed by atoms with Gasteiger partial charge in [0.25, 0.3) is 5.91 Å². The number of amides is 1. The van der Waals surface area contributed by atoms with Gasteiger partial charge in [-0.3, -0.25) is 4.79 Å². The Labute approximate surface area is 95.8 Å². The van der Waals surface area contributed by atoms with Gasteiger partial charge < -0.3 is 9.73 Å². The molecule has 5 heteroatoms. The summed E-state index contributed by atoms with van der Waals surface area (Å²) < 4.78 is 5.68. The fourth-order valence-electron chi connectivity index (χ4n) is 0.843. The number of halogens is 1. The number of hydrogen-bond acceptors (Lipinski definition) is 3. The topological polar surface area (TPSA) is 42.2 Å². The summed E-state index contributed by atoms with van der Waals surface area (Å²) in [6.07, 6.45) is 2.01. The van der Waals surface area contributed by atoms with Crippen LogP contribution in [-0.4, -0.2) is 24.0 Å². The second-order valence-electron chi connectivity index (χ2n) is 2.86. The van der Waals surface area contributed by atoms with E-state index in [1.54, 1.807) is 23.9 Å². The van der Waals surface area contributed by atoms with Gasteiger partial charge in [0, 0.05) is 11.8 Å². The predicted molar refractivity (Wildman–Crippen MR) is 61.7 cm³/mol. The van der Waals surface area contributed by atoms with Gasteiger partial charge in [0.05, 0.1) is 0 Å². The van der Waals surface area contributed by atoms with E-state index in [0.717, 1.165) is 0 Å². The smallest absolute Gasteiger partial charge is 0.287 e. The Balaban J connectivity index is 2.43. The van der Waals surface area contributed by atoms with Crippen molar-refractivity contribution >= 4 is 33.6 Å². The predicted octanol–water partition coefficient (Wildman–Crippen LogP) is 2.52. The maximum Gasteiger partial charge on any atom is 0.287 e. The van der Waals surface area contributed by atoms with Gasteiger partial charge in [0.1, 0.15) is 0 Å². The SMILES string of the molecule is CSC(C)CNC(=O)c1ccc(Br)o1. The van der Waals surface area contributed by atoms with Crippen LogP contribution in [0.2, 0.25) is 0 Å². The van der Waals surface area contributed by atoms with Gasteiger partial charge in [-0.1, -0.05) is 6.92 Å². The number of carbonyl (C=O) groups is 1. The van der Waals surface area contributed by atoms with Crippen molar-refractivity contribution in [3.8, 4) is 0 Å². The third kappa shape index (κ3) is 3.38. The molecule has 78 valence electrons. The third-order valence-electron chi connectivity index (χ3n) is 1.75. The molecule has 14 heavy (non-hydrogen) atoms. The molecule has 1 amide bonds. The molecule has 0 aliphatic heterocycles. The molecule has 1 heterocycles. The van der Waals surface area contributed by atoms with E-state index in [0.29, 0.717) is 22.2 Å². The molecule has 3 nitrogen and oxygen atoms in total. The van der Waals surface area contributed by atoms with Crippen molar-refractivity contribution in [2.75, 3.05) is 12.8 Å². The average molecular weight is 278 g/mol. The summed E-state index contributed by atoms with van der Waals surface area (Å²) in [5.41, 5.74) is 0. The molecule has 0 spiro atoms. The molecule has 0 aliphatic rings. The Bertz CT molecular complexity index is 314. The van der Waals surface area contributed by atoms with E-state index in [-0.39, 0.29) is 5.91 Å². The fourth-order valence-corrected chi connectivity index (χ4v) is 1.40. The molecule has 0 aliphatic carbocycles. The fraction of sp³-hybridized carbons (Fsp3) is 0.444. The van der Waals surface area contributed by atoms with Crippen LogP contribution in [0.25, 0.3) is 0 Å². The molecule has 1 unspecified atom stereocenters. The van der Waals surface area contributed by atoms with Crippen LogP contribution in [0.4, 0.5) is 0 Å². The van der Waals surface area contributed by atoms with E-state index in [9.17, 15) is 4.79 Å². The minimum absolute atomic E-state index is 0.170. The Morgan fingerprint density at radius 1 is 1.71 bits per heavy atom. The monoisotopic (exact) mass is 277 g/mol. The lowest BCUT2D eigenvalue weighted by atomic mass is 10.4. The summed E-state index contributed by atoms with van der Waals surface area (Å²) in [5, 5.41) is 3.20. The second-order valence-corrected chi connectivity index (χ2v) is 4.92. The molecule has 0 saturated heterocycles. The first-order valence-electron chi connectivity index (χ1n) is 4.20. The Morgan fingerprint density at radius 2 is 2.43 bits per heavy atom. The van der Waals surface area contributed by atoms with Crippen molar-refractivity contribution in [2.45, 2.75) is 12.2 Å². The quantitative estimate of drug-likeness (QED) is 0.920. The van der Waals surface area contributed by atoms with Crippen molar-refractivity contribution in [1.29, 1.82) is 0 Å². The molecule has 0 fully saturated rings. The maximum atomic E-state index is 11.4. The van der Waals surface area contributed by atoms with Gasteiger partial charge in [0.15, 0.2) is 10.4 Å². The van der Waals surface area contributed by atoms with Gasteiger partial charge in [-0.05, 0) is 34.3 Å². The molecule has 1 aromatic heterocycles. The highest BCUT2D eigenvalue weighted by Crippen LogP contribution is 2.13. The highest BCUT2D eigenvalue weighted by atomic mass is 79.9. The minimum atomic E-state index is -0.170. The molecular weight excluding hydrogens is 266 g/mol. The Hall–Kier alpha value is -0.420. The van der Waals surface area contributed by atoms with E-state index in [2.05, 4.69) is 28.2 Å². The highest BCUT2D eigenvalue weighted by molar-refractivity contribution is 9.10. The summed E-state index contributed by atoms with van der Waals surface area (Å²) in [7, 11) is 0. The van der Waals surface area contributed by atoms with Crippen LogP contribution in [0, 0.1) is 0 Å². The number of carbonyl (C=O) groups excluding carboxylic acids is 1. The second kappa shape index (κ2) is 5.46. The van der Waals surface area contributed by atoms with Crippen molar-refractivity contribution in [2.24, 2.45) is 0 Å². The average Bonchev–Trinajstić information content (AvgIpc) is 2.60. The van der Waals surface area contributed by atoms with Crippen molar-refractivity contribution in [3.63, 3.8) is 0 Å².